The van der Waals surface area contributed by atoms with Gasteiger partial charge in [0.1, 0.15) is 5.75 Å². The van der Waals surface area contributed by atoms with Crippen LogP contribution in [0.2, 0.25) is 0 Å². The molecule has 1 aliphatic rings. The van der Waals surface area contributed by atoms with Crippen molar-refractivity contribution in [2.45, 2.75) is 32.1 Å². The SMILES string of the molecule is COc1cccc(C2(C#N)CC(C(C)C)C2)c1. The highest BCUT2D eigenvalue weighted by Gasteiger charge is 2.46. The Morgan fingerprint density at radius 3 is 2.65 bits per heavy atom. The quantitative estimate of drug-likeness (QED) is 0.794. The van der Waals surface area contributed by atoms with Crippen molar-refractivity contribution in [2.24, 2.45) is 11.8 Å². The zero-order valence-electron chi connectivity index (χ0n) is 10.7. The van der Waals surface area contributed by atoms with Crippen molar-refractivity contribution in [3.8, 4) is 11.8 Å². The van der Waals surface area contributed by atoms with E-state index in [0.29, 0.717) is 11.8 Å². The molecule has 0 amide bonds. The van der Waals surface area contributed by atoms with E-state index in [-0.39, 0.29) is 5.41 Å². The molecule has 90 valence electrons. The lowest BCUT2D eigenvalue weighted by atomic mass is 9.56. The largest absolute Gasteiger partial charge is 0.497 e. The summed E-state index contributed by atoms with van der Waals surface area (Å²) < 4.78 is 5.23. The van der Waals surface area contributed by atoms with Gasteiger partial charge in [-0.25, -0.2) is 0 Å². The minimum absolute atomic E-state index is 0.274. The first-order valence-electron chi connectivity index (χ1n) is 6.17. The van der Waals surface area contributed by atoms with E-state index in [1.54, 1.807) is 7.11 Å². The molecular formula is C15H19NO. The fraction of sp³-hybridized carbons (Fsp3) is 0.533. The first-order chi connectivity index (χ1) is 8.11. The summed E-state index contributed by atoms with van der Waals surface area (Å²) in [6, 6.07) is 10.4. The highest BCUT2D eigenvalue weighted by Crippen LogP contribution is 2.50. The van der Waals surface area contributed by atoms with Crippen molar-refractivity contribution in [1.82, 2.24) is 0 Å². The second-order valence-corrected chi connectivity index (χ2v) is 5.34. The van der Waals surface area contributed by atoms with Crippen LogP contribution >= 0.6 is 0 Å². The fourth-order valence-corrected chi connectivity index (χ4v) is 2.62. The molecule has 0 aromatic heterocycles. The molecule has 0 unspecified atom stereocenters. The Hall–Kier alpha value is -1.49. The van der Waals surface area contributed by atoms with Crippen LogP contribution in [0.25, 0.3) is 0 Å². The molecule has 0 bridgehead atoms. The molecule has 1 aliphatic carbocycles. The summed E-state index contributed by atoms with van der Waals surface area (Å²) in [5.74, 6) is 2.19. The summed E-state index contributed by atoms with van der Waals surface area (Å²) in [6.45, 7) is 4.47. The van der Waals surface area contributed by atoms with Gasteiger partial charge in [0.15, 0.2) is 0 Å². The summed E-state index contributed by atoms with van der Waals surface area (Å²) in [6.07, 6.45) is 1.96. The van der Waals surface area contributed by atoms with Gasteiger partial charge in [0.25, 0.3) is 0 Å². The predicted molar refractivity (Wildman–Crippen MR) is 67.8 cm³/mol. The van der Waals surface area contributed by atoms with Crippen LogP contribution in [-0.2, 0) is 5.41 Å². The lowest BCUT2D eigenvalue weighted by Crippen LogP contribution is -2.42. The van der Waals surface area contributed by atoms with Crippen LogP contribution in [0.5, 0.6) is 5.75 Å². The number of nitriles is 1. The second-order valence-electron chi connectivity index (χ2n) is 5.34. The van der Waals surface area contributed by atoms with Crippen molar-refractivity contribution < 1.29 is 4.74 Å². The number of methoxy groups -OCH3 is 1. The van der Waals surface area contributed by atoms with Crippen LogP contribution in [0, 0.1) is 23.2 Å². The number of hydrogen-bond acceptors (Lipinski definition) is 2. The van der Waals surface area contributed by atoms with E-state index in [1.807, 2.05) is 24.3 Å². The molecule has 2 rings (SSSR count). The van der Waals surface area contributed by atoms with Crippen molar-refractivity contribution >= 4 is 0 Å². The molecule has 0 atom stereocenters. The number of rotatable bonds is 3. The number of benzene rings is 1. The Balaban J connectivity index is 2.23. The Kier molecular flexibility index (Phi) is 3.11. The summed E-state index contributed by atoms with van der Waals surface area (Å²) in [5, 5.41) is 9.46. The summed E-state index contributed by atoms with van der Waals surface area (Å²) in [4.78, 5) is 0. The Morgan fingerprint density at radius 1 is 1.41 bits per heavy atom. The van der Waals surface area contributed by atoms with Crippen LogP contribution in [0.15, 0.2) is 24.3 Å². The molecule has 1 aromatic carbocycles. The first-order valence-corrected chi connectivity index (χ1v) is 6.17. The van der Waals surface area contributed by atoms with Crippen molar-refractivity contribution in [2.75, 3.05) is 7.11 Å². The van der Waals surface area contributed by atoms with Gasteiger partial charge in [0, 0.05) is 0 Å². The van der Waals surface area contributed by atoms with Crippen molar-refractivity contribution in [1.29, 1.82) is 5.26 Å². The molecule has 0 spiro atoms. The van der Waals surface area contributed by atoms with E-state index >= 15 is 0 Å². The predicted octanol–water partition coefficient (Wildman–Crippen LogP) is 3.52. The minimum atomic E-state index is -0.274. The number of hydrogen-bond donors (Lipinski definition) is 0. The van der Waals surface area contributed by atoms with E-state index in [0.717, 1.165) is 24.2 Å². The third-order valence-electron chi connectivity index (χ3n) is 4.00. The zero-order chi connectivity index (χ0) is 12.5. The summed E-state index contributed by atoms with van der Waals surface area (Å²) in [7, 11) is 1.66. The molecule has 1 aromatic rings. The molecule has 0 aliphatic heterocycles. The second kappa shape index (κ2) is 4.41. The molecule has 0 saturated heterocycles. The van der Waals surface area contributed by atoms with Gasteiger partial charge in [-0.1, -0.05) is 26.0 Å². The van der Waals surface area contributed by atoms with Crippen LogP contribution in [0.3, 0.4) is 0 Å². The van der Waals surface area contributed by atoms with E-state index in [2.05, 4.69) is 19.9 Å². The average Bonchev–Trinajstić information content (AvgIpc) is 2.28. The van der Waals surface area contributed by atoms with E-state index < -0.39 is 0 Å². The molecule has 1 fully saturated rings. The van der Waals surface area contributed by atoms with Gasteiger partial charge >= 0.3 is 0 Å². The fourth-order valence-electron chi connectivity index (χ4n) is 2.62. The van der Waals surface area contributed by atoms with E-state index in [9.17, 15) is 5.26 Å². The number of ether oxygens (including phenoxy) is 1. The maximum Gasteiger partial charge on any atom is 0.119 e. The lowest BCUT2D eigenvalue weighted by molar-refractivity contribution is 0.144. The molecule has 0 N–H and O–H groups in total. The van der Waals surface area contributed by atoms with Gasteiger partial charge in [-0.3, -0.25) is 0 Å². The zero-order valence-corrected chi connectivity index (χ0v) is 10.7. The standard InChI is InChI=1S/C15H19NO/c1-11(2)12-8-15(9-12,10-16)13-5-4-6-14(7-13)17-3/h4-7,11-12H,8-9H2,1-3H3. The van der Waals surface area contributed by atoms with Gasteiger partial charge in [-0.2, -0.15) is 5.26 Å². The van der Waals surface area contributed by atoms with Crippen molar-refractivity contribution in [3.05, 3.63) is 29.8 Å². The molecule has 1 saturated carbocycles. The maximum atomic E-state index is 9.46. The highest BCUT2D eigenvalue weighted by molar-refractivity contribution is 5.40. The Bertz CT molecular complexity index is 438. The average molecular weight is 229 g/mol. The summed E-state index contributed by atoms with van der Waals surface area (Å²) >= 11 is 0. The smallest absolute Gasteiger partial charge is 0.119 e. The molecule has 17 heavy (non-hydrogen) atoms. The highest BCUT2D eigenvalue weighted by atomic mass is 16.5. The third kappa shape index (κ3) is 2.02. The number of nitrogens with zero attached hydrogens (tertiary/aromatic N) is 1. The van der Waals surface area contributed by atoms with Gasteiger partial charge in [-0.05, 0) is 42.4 Å². The molecule has 0 radical (unpaired) electrons. The van der Waals surface area contributed by atoms with Crippen LogP contribution in [0.1, 0.15) is 32.3 Å². The Morgan fingerprint density at radius 2 is 2.12 bits per heavy atom. The minimum Gasteiger partial charge on any atom is -0.497 e. The van der Waals surface area contributed by atoms with Crippen LogP contribution in [-0.4, -0.2) is 7.11 Å². The lowest BCUT2D eigenvalue weighted by Gasteiger charge is -2.45. The maximum absolute atomic E-state index is 9.46. The topological polar surface area (TPSA) is 33.0 Å². The van der Waals surface area contributed by atoms with Gasteiger partial charge in [0.05, 0.1) is 18.6 Å². The van der Waals surface area contributed by atoms with Gasteiger partial charge in [-0.15, -0.1) is 0 Å². The van der Waals surface area contributed by atoms with Gasteiger partial charge < -0.3 is 4.74 Å². The molecule has 0 heterocycles. The monoisotopic (exact) mass is 229 g/mol. The van der Waals surface area contributed by atoms with Crippen molar-refractivity contribution in [3.63, 3.8) is 0 Å². The normalized spacial score (nSPS) is 27.4. The molecule has 2 heteroatoms. The van der Waals surface area contributed by atoms with Gasteiger partial charge in [0.2, 0.25) is 0 Å². The third-order valence-corrected chi connectivity index (χ3v) is 4.00. The van der Waals surface area contributed by atoms with Crippen LogP contribution < -0.4 is 4.74 Å². The Labute approximate surface area is 103 Å². The van der Waals surface area contributed by atoms with Crippen LogP contribution in [0.4, 0.5) is 0 Å². The molecular weight excluding hydrogens is 210 g/mol. The summed E-state index contributed by atoms with van der Waals surface area (Å²) in [5.41, 5.74) is 0.833. The van der Waals surface area contributed by atoms with E-state index in [4.69, 9.17) is 4.74 Å². The first kappa shape index (κ1) is 12.0. The van der Waals surface area contributed by atoms with E-state index in [1.165, 1.54) is 0 Å². The molecule has 2 nitrogen and oxygen atoms in total.